The predicted molar refractivity (Wildman–Crippen MR) is 73.6 cm³/mol. The summed E-state index contributed by atoms with van der Waals surface area (Å²) in [5.41, 5.74) is -1.91. The molecule has 3 rings (SSSR count). The van der Waals surface area contributed by atoms with E-state index in [9.17, 15) is 23.6 Å². The molecule has 0 aromatic heterocycles. The van der Waals surface area contributed by atoms with Crippen molar-refractivity contribution in [3.8, 4) is 0 Å². The van der Waals surface area contributed by atoms with E-state index in [4.69, 9.17) is 10.2 Å². The smallest absolute Gasteiger partial charge is 0.336 e. The quantitative estimate of drug-likeness (QED) is 0.749. The average Bonchev–Trinajstić information content (AvgIpc) is 2.51. The lowest BCUT2D eigenvalue weighted by molar-refractivity contribution is 0.0651. The molecule has 0 saturated heterocycles. The molecule has 1 aliphatic rings. The number of hydrogen-bond acceptors (Lipinski definition) is 4. The molecule has 0 bridgehead atoms. The molecular formula is C16H7FO6. The Morgan fingerprint density at radius 1 is 0.739 bits per heavy atom. The summed E-state index contributed by atoms with van der Waals surface area (Å²) in [5.74, 6) is -5.18. The van der Waals surface area contributed by atoms with E-state index in [2.05, 4.69) is 0 Å². The first-order valence-corrected chi connectivity index (χ1v) is 6.35. The largest absolute Gasteiger partial charge is 0.478 e. The van der Waals surface area contributed by atoms with Crippen LogP contribution in [-0.2, 0) is 0 Å². The SMILES string of the molecule is O=C(O)c1cc2c(cc1C(=O)O)C(=O)c1cc(F)ccc1C2=O. The van der Waals surface area contributed by atoms with Crippen LogP contribution in [0, 0.1) is 5.82 Å². The Hall–Kier alpha value is -3.35. The fourth-order valence-electron chi connectivity index (χ4n) is 2.52. The number of hydrogen-bond donors (Lipinski definition) is 2. The molecule has 7 heteroatoms. The number of aromatic carboxylic acids is 2. The van der Waals surface area contributed by atoms with Gasteiger partial charge in [-0.3, -0.25) is 9.59 Å². The zero-order valence-electron chi connectivity index (χ0n) is 11.3. The zero-order valence-corrected chi connectivity index (χ0v) is 11.3. The number of ketones is 2. The van der Waals surface area contributed by atoms with Crippen LogP contribution in [0.15, 0.2) is 30.3 Å². The first-order chi connectivity index (χ1) is 10.8. The van der Waals surface area contributed by atoms with E-state index in [1.807, 2.05) is 0 Å². The lowest BCUT2D eigenvalue weighted by atomic mass is 9.82. The molecule has 0 atom stereocenters. The van der Waals surface area contributed by atoms with Crippen LogP contribution >= 0.6 is 0 Å². The summed E-state index contributed by atoms with van der Waals surface area (Å²) in [6, 6.07) is 4.75. The minimum absolute atomic E-state index is 0.0525. The van der Waals surface area contributed by atoms with Crippen LogP contribution in [-0.4, -0.2) is 33.7 Å². The molecule has 2 N–H and O–H groups in total. The Balaban J connectivity index is 2.33. The molecule has 6 nitrogen and oxygen atoms in total. The minimum atomic E-state index is -1.55. The van der Waals surface area contributed by atoms with Gasteiger partial charge in [-0.1, -0.05) is 0 Å². The molecule has 23 heavy (non-hydrogen) atoms. The average molecular weight is 314 g/mol. The fourth-order valence-corrected chi connectivity index (χ4v) is 2.52. The van der Waals surface area contributed by atoms with Gasteiger partial charge in [-0.25, -0.2) is 14.0 Å². The van der Waals surface area contributed by atoms with Crippen molar-refractivity contribution in [1.82, 2.24) is 0 Å². The highest BCUT2D eigenvalue weighted by atomic mass is 19.1. The molecular weight excluding hydrogens is 307 g/mol. The summed E-state index contributed by atoms with van der Waals surface area (Å²) in [6.45, 7) is 0. The van der Waals surface area contributed by atoms with Crippen molar-refractivity contribution in [2.75, 3.05) is 0 Å². The maximum absolute atomic E-state index is 13.3. The minimum Gasteiger partial charge on any atom is -0.478 e. The van der Waals surface area contributed by atoms with Gasteiger partial charge in [-0.2, -0.15) is 0 Å². The summed E-state index contributed by atoms with van der Waals surface area (Å²) >= 11 is 0. The van der Waals surface area contributed by atoms with E-state index in [0.717, 1.165) is 30.3 Å². The number of fused-ring (bicyclic) bond motifs is 2. The Labute approximate surface area is 127 Å². The normalized spacial score (nSPS) is 12.6. The molecule has 2 aromatic rings. The van der Waals surface area contributed by atoms with Gasteiger partial charge >= 0.3 is 11.9 Å². The van der Waals surface area contributed by atoms with Crippen LogP contribution in [0.5, 0.6) is 0 Å². The van der Waals surface area contributed by atoms with Gasteiger partial charge in [0, 0.05) is 22.3 Å². The molecule has 0 fully saturated rings. The van der Waals surface area contributed by atoms with Gasteiger partial charge in [0.15, 0.2) is 11.6 Å². The fraction of sp³-hybridized carbons (Fsp3) is 0. The highest BCUT2D eigenvalue weighted by Gasteiger charge is 2.33. The first kappa shape index (κ1) is 14.6. The molecule has 1 aliphatic carbocycles. The third-order valence-electron chi connectivity index (χ3n) is 3.58. The highest BCUT2D eigenvalue weighted by Crippen LogP contribution is 2.30. The second-order valence-corrected chi connectivity index (χ2v) is 4.90. The number of carbonyl (C=O) groups is 4. The van der Waals surface area contributed by atoms with Crippen LogP contribution in [0.4, 0.5) is 4.39 Å². The standard InChI is InChI=1S/C16H7FO6/c17-6-1-2-7-8(3-6)14(19)10-5-12(16(22)23)11(15(20)21)4-9(10)13(7)18/h1-5H,(H,20,21)(H,22,23). The number of halogens is 1. The van der Waals surface area contributed by atoms with Crippen LogP contribution in [0.1, 0.15) is 52.6 Å². The summed E-state index contributed by atoms with van der Waals surface area (Å²) in [6.07, 6.45) is 0. The Morgan fingerprint density at radius 3 is 1.65 bits per heavy atom. The van der Waals surface area contributed by atoms with Crippen molar-refractivity contribution in [3.05, 3.63) is 69.5 Å². The molecule has 0 radical (unpaired) electrons. The Morgan fingerprint density at radius 2 is 1.17 bits per heavy atom. The molecule has 0 spiro atoms. The Bertz CT molecular complexity index is 928. The summed E-state index contributed by atoms with van der Waals surface area (Å²) in [5, 5.41) is 18.2. The van der Waals surface area contributed by atoms with Gasteiger partial charge in [0.2, 0.25) is 0 Å². The molecule has 2 aromatic carbocycles. The zero-order chi connectivity index (χ0) is 16.9. The monoisotopic (exact) mass is 314 g/mol. The van der Waals surface area contributed by atoms with Crippen LogP contribution < -0.4 is 0 Å². The number of benzene rings is 2. The van der Waals surface area contributed by atoms with Crippen LogP contribution in [0.3, 0.4) is 0 Å². The van der Waals surface area contributed by atoms with Crippen molar-refractivity contribution in [2.24, 2.45) is 0 Å². The number of carbonyl (C=O) groups excluding carboxylic acids is 2. The molecule has 0 saturated carbocycles. The van der Waals surface area contributed by atoms with Crippen LogP contribution in [0.25, 0.3) is 0 Å². The van der Waals surface area contributed by atoms with E-state index in [1.165, 1.54) is 0 Å². The van der Waals surface area contributed by atoms with Gasteiger partial charge < -0.3 is 10.2 Å². The van der Waals surface area contributed by atoms with Crippen molar-refractivity contribution in [2.45, 2.75) is 0 Å². The lowest BCUT2D eigenvalue weighted by Crippen LogP contribution is -2.23. The number of rotatable bonds is 2. The van der Waals surface area contributed by atoms with E-state index in [-0.39, 0.29) is 22.3 Å². The van der Waals surface area contributed by atoms with Crippen molar-refractivity contribution in [3.63, 3.8) is 0 Å². The van der Waals surface area contributed by atoms with Crippen molar-refractivity contribution >= 4 is 23.5 Å². The number of carboxylic acids is 2. The predicted octanol–water partition coefficient (Wildman–Crippen LogP) is 2.00. The third kappa shape index (κ3) is 2.10. The van der Waals surface area contributed by atoms with Crippen molar-refractivity contribution < 1.29 is 33.8 Å². The van der Waals surface area contributed by atoms with Gasteiger partial charge in [0.1, 0.15) is 5.82 Å². The molecule has 0 heterocycles. The van der Waals surface area contributed by atoms with E-state index in [1.54, 1.807) is 0 Å². The Kier molecular flexibility index (Phi) is 3.07. The first-order valence-electron chi connectivity index (χ1n) is 6.35. The summed E-state index contributed by atoms with van der Waals surface area (Å²) in [7, 11) is 0. The maximum Gasteiger partial charge on any atom is 0.336 e. The van der Waals surface area contributed by atoms with E-state index < -0.39 is 40.4 Å². The van der Waals surface area contributed by atoms with Gasteiger partial charge in [0.05, 0.1) is 11.1 Å². The van der Waals surface area contributed by atoms with Crippen molar-refractivity contribution in [1.29, 1.82) is 0 Å². The second-order valence-electron chi connectivity index (χ2n) is 4.90. The molecule has 114 valence electrons. The number of carboxylic acid groups (broad SMARTS) is 2. The molecule has 0 unspecified atom stereocenters. The van der Waals surface area contributed by atoms with Gasteiger partial charge in [-0.05, 0) is 30.3 Å². The third-order valence-corrected chi connectivity index (χ3v) is 3.58. The van der Waals surface area contributed by atoms with Crippen LogP contribution in [0.2, 0.25) is 0 Å². The topological polar surface area (TPSA) is 109 Å². The lowest BCUT2D eigenvalue weighted by Gasteiger charge is -2.18. The van der Waals surface area contributed by atoms with Gasteiger partial charge in [-0.15, -0.1) is 0 Å². The summed E-state index contributed by atoms with van der Waals surface area (Å²) in [4.78, 5) is 47.2. The molecule has 0 aliphatic heterocycles. The molecule has 0 amide bonds. The van der Waals surface area contributed by atoms with E-state index in [0.29, 0.717) is 0 Å². The summed E-state index contributed by atoms with van der Waals surface area (Å²) < 4.78 is 13.3. The highest BCUT2D eigenvalue weighted by molar-refractivity contribution is 6.29. The van der Waals surface area contributed by atoms with E-state index >= 15 is 0 Å². The maximum atomic E-state index is 13.3. The second kappa shape index (κ2) is 4.84. The van der Waals surface area contributed by atoms with Gasteiger partial charge in [0.25, 0.3) is 0 Å².